The highest BCUT2D eigenvalue weighted by atomic mass is 16.5. The second kappa shape index (κ2) is 6.98. The van der Waals surface area contributed by atoms with Gasteiger partial charge in [-0.3, -0.25) is 0 Å². The zero-order valence-electron chi connectivity index (χ0n) is 11.2. The van der Waals surface area contributed by atoms with E-state index in [0.29, 0.717) is 18.4 Å². The van der Waals surface area contributed by atoms with Gasteiger partial charge in [-0.2, -0.15) is 5.26 Å². The zero-order chi connectivity index (χ0) is 12.7. The van der Waals surface area contributed by atoms with Crippen LogP contribution < -0.4 is 5.73 Å². The van der Waals surface area contributed by atoms with E-state index in [1.165, 1.54) is 25.7 Å². The summed E-state index contributed by atoms with van der Waals surface area (Å²) in [5.41, 5.74) is 5.28. The summed E-state index contributed by atoms with van der Waals surface area (Å²) in [6.45, 7) is 4.99. The van der Waals surface area contributed by atoms with Crippen molar-refractivity contribution in [2.45, 2.75) is 70.4 Å². The van der Waals surface area contributed by atoms with Gasteiger partial charge >= 0.3 is 0 Å². The molecule has 3 heteroatoms. The quantitative estimate of drug-likeness (QED) is 0.724. The van der Waals surface area contributed by atoms with Gasteiger partial charge in [0.2, 0.25) is 0 Å². The molecule has 0 heterocycles. The Labute approximate surface area is 105 Å². The minimum atomic E-state index is -0.651. The van der Waals surface area contributed by atoms with Gasteiger partial charge in [-0.1, -0.05) is 26.7 Å². The van der Waals surface area contributed by atoms with Crippen molar-refractivity contribution in [3.8, 4) is 6.07 Å². The minimum Gasteiger partial charge on any atom is -0.378 e. The monoisotopic (exact) mass is 238 g/mol. The maximum Gasteiger partial charge on any atom is 0.104 e. The van der Waals surface area contributed by atoms with Crippen LogP contribution in [0, 0.1) is 17.2 Å². The second-order valence-electron chi connectivity index (χ2n) is 5.40. The molecule has 3 atom stereocenters. The molecule has 2 N–H and O–H groups in total. The van der Waals surface area contributed by atoms with E-state index >= 15 is 0 Å². The number of hydrogen-bond donors (Lipinski definition) is 1. The van der Waals surface area contributed by atoms with Crippen LogP contribution in [0.4, 0.5) is 0 Å². The van der Waals surface area contributed by atoms with Crippen LogP contribution in [0.5, 0.6) is 0 Å². The smallest absolute Gasteiger partial charge is 0.104 e. The number of nitrogens with zero attached hydrogens (tertiary/aromatic N) is 1. The lowest BCUT2D eigenvalue weighted by Crippen LogP contribution is -2.37. The highest BCUT2D eigenvalue weighted by Crippen LogP contribution is 2.26. The maximum absolute atomic E-state index is 8.96. The van der Waals surface area contributed by atoms with Crippen LogP contribution in [0.3, 0.4) is 0 Å². The van der Waals surface area contributed by atoms with Crippen molar-refractivity contribution in [1.82, 2.24) is 0 Å². The molecule has 3 nitrogen and oxygen atoms in total. The number of rotatable bonds is 6. The lowest BCUT2D eigenvalue weighted by atomic mass is 9.88. The second-order valence-corrected chi connectivity index (χ2v) is 5.40. The third kappa shape index (κ3) is 4.65. The summed E-state index contributed by atoms with van der Waals surface area (Å²) in [4.78, 5) is 0. The summed E-state index contributed by atoms with van der Waals surface area (Å²) in [6.07, 6.45) is 7.89. The lowest BCUT2D eigenvalue weighted by Gasteiger charge is -2.29. The molecule has 17 heavy (non-hydrogen) atoms. The highest BCUT2D eigenvalue weighted by molar-refractivity contribution is 5.03. The Hall–Kier alpha value is -0.590. The summed E-state index contributed by atoms with van der Waals surface area (Å²) < 4.78 is 5.91. The standard InChI is InChI=1S/C14H26N2O/c1-3-14(16,11-15)9-6-10-17-13-8-5-4-7-12(13)2/h12-13H,3-10,16H2,1-2H3. The van der Waals surface area contributed by atoms with Crippen molar-refractivity contribution in [2.24, 2.45) is 11.7 Å². The Morgan fingerprint density at radius 2 is 2.12 bits per heavy atom. The molecule has 98 valence electrons. The number of ether oxygens (including phenoxy) is 1. The van der Waals surface area contributed by atoms with Crippen LogP contribution >= 0.6 is 0 Å². The molecule has 0 bridgehead atoms. The van der Waals surface area contributed by atoms with Gasteiger partial charge in [0.1, 0.15) is 5.54 Å². The van der Waals surface area contributed by atoms with Gasteiger partial charge in [0.05, 0.1) is 12.2 Å². The molecule has 1 rings (SSSR count). The van der Waals surface area contributed by atoms with E-state index in [1.54, 1.807) is 0 Å². The normalized spacial score (nSPS) is 28.4. The van der Waals surface area contributed by atoms with Crippen LogP contribution in [0.1, 0.15) is 58.8 Å². The fraction of sp³-hybridized carbons (Fsp3) is 0.929. The first-order chi connectivity index (χ1) is 8.11. The van der Waals surface area contributed by atoms with Crippen molar-refractivity contribution in [1.29, 1.82) is 5.26 Å². The molecule has 1 saturated carbocycles. The molecular formula is C14H26N2O. The van der Waals surface area contributed by atoms with Crippen LogP contribution in [0.15, 0.2) is 0 Å². The first kappa shape index (κ1) is 14.5. The molecule has 0 amide bonds. The van der Waals surface area contributed by atoms with Crippen molar-refractivity contribution in [3.05, 3.63) is 0 Å². The summed E-state index contributed by atoms with van der Waals surface area (Å²) in [5, 5.41) is 8.96. The fourth-order valence-electron chi connectivity index (χ4n) is 2.46. The molecule has 0 aromatic carbocycles. The third-order valence-electron chi connectivity index (χ3n) is 3.99. The third-order valence-corrected chi connectivity index (χ3v) is 3.99. The van der Waals surface area contributed by atoms with E-state index in [0.717, 1.165) is 19.4 Å². The molecule has 1 fully saturated rings. The average Bonchev–Trinajstić information content (AvgIpc) is 2.36. The van der Waals surface area contributed by atoms with E-state index in [1.807, 2.05) is 6.92 Å². The van der Waals surface area contributed by atoms with E-state index in [-0.39, 0.29) is 0 Å². The minimum absolute atomic E-state index is 0.430. The Morgan fingerprint density at radius 3 is 2.71 bits per heavy atom. The molecule has 1 aliphatic carbocycles. The van der Waals surface area contributed by atoms with Gasteiger partial charge < -0.3 is 10.5 Å². The summed E-state index contributed by atoms with van der Waals surface area (Å²) in [6, 6.07) is 2.20. The van der Waals surface area contributed by atoms with E-state index < -0.39 is 5.54 Å². The fourth-order valence-corrected chi connectivity index (χ4v) is 2.46. The average molecular weight is 238 g/mol. The molecule has 1 aliphatic rings. The molecule has 3 unspecified atom stereocenters. The molecule has 0 saturated heterocycles. The van der Waals surface area contributed by atoms with Crippen LogP contribution in [0.25, 0.3) is 0 Å². The van der Waals surface area contributed by atoms with Crippen LogP contribution in [-0.4, -0.2) is 18.2 Å². The first-order valence-corrected chi connectivity index (χ1v) is 6.93. The first-order valence-electron chi connectivity index (χ1n) is 6.93. The molecule has 0 aromatic rings. The van der Waals surface area contributed by atoms with Gasteiger partial charge in [-0.15, -0.1) is 0 Å². The SMILES string of the molecule is CCC(N)(C#N)CCCOC1CCCCC1C. The van der Waals surface area contributed by atoms with Gasteiger partial charge in [0.15, 0.2) is 0 Å². The Kier molecular flexibility index (Phi) is 5.94. The van der Waals surface area contributed by atoms with Gasteiger partial charge in [-0.05, 0) is 38.0 Å². The number of hydrogen-bond acceptors (Lipinski definition) is 3. The zero-order valence-corrected chi connectivity index (χ0v) is 11.2. The Morgan fingerprint density at radius 1 is 1.41 bits per heavy atom. The summed E-state index contributed by atoms with van der Waals surface area (Å²) in [5.74, 6) is 0.688. The number of nitrogens with two attached hydrogens (primary N) is 1. The van der Waals surface area contributed by atoms with Crippen molar-refractivity contribution >= 4 is 0 Å². The molecular weight excluding hydrogens is 212 g/mol. The van der Waals surface area contributed by atoms with E-state index in [4.69, 9.17) is 15.7 Å². The van der Waals surface area contributed by atoms with Crippen molar-refractivity contribution < 1.29 is 4.74 Å². The topological polar surface area (TPSA) is 59.0 Å². The molecule has 0 aromatic heterocycles. The van der Waals surface area contributed by atoms with Gasteiger partial charge in [0.25, 0.3) is 0 Å². The molecule has 0 radical (unpaired) electrons. The molecule has 0 spiro atoms. The van der Waals surface area contributed by atoms with E-state index in [9.17, 15) is 0 Å². The number of nitriles is 1. The van der Waals surface area contributed by atoms with E-state index in [2.05, 4.69) is 13.0 Å². The summed E-state index contributed by atoms with van der Waals surface area (Å²) in [7, 11) is 0. The van der Waals surface area contributed by atoms with Crippen LogP contribution in [0.2, 0.25) is 0 Å². The predicted molar refractivity (Wildman–Crippen MR) is 69.4 cm³/mol. The van der Waals surface area contributed by atoms with Gasteiger partial charge in [-0.25, -0.2) is 0 Å². The Bertz CT molecular complexity index is 261. The maximum atomic E-state index is 8.96. The lowest BCUT2D eigenvalue weighted by molar-refractivity contribution is -0.00746. The van der Waals surface area contributed by atoms with Crippen molar-refractivity contribution in [3.63, 3.8) is 0 Å². The van der Waals surface area contributed by atoms with Crippen molar-refractivity contribution in [2.75, 3.05) is 6.61 Å². The molecule has 0 aliphatic heterocycles. The predicted octanol–water partition coefficient (Wildman–Crippen LogP) is 2.99. The van der Waals surface area contributed by atoms with Gasteiger partial charge in [0, 0.05) is 6.61 Å². The highest BCUT2D eigenvalue weighted by Gasteiger charge is 2.23. The summed E-state index contributed by atoms with van der Waals surface area (Å²) >= 11 is 0. The Balaban J connectivity index is 2.17. The van der Waals surface area contributed by atoms with Crippen LogP contribution in [-0.2, 0) is 4.74 Å². The largest absolute Gasteiger partial charge is 0.378 e.